The van der Waals surface area contributed by atoms with Crippen LogP contribution in [-0.2, 0) is 14.3 Å². The number of hydrogen-bond donors (Lipinski definition) is 0. The molecule has 0 radical (unpaired) electrons. The number of nitro groups is 1. The molecular formula is C27H24N2O8. The van der Waals surface area contributed by atoms with Gasteiger partial charge in [0.2, 0.25) is 5.91 Å². The van der Waals surface area contributed by atoms with Crippen LogP contribution in [0.3, 0.4) is 0 Å². The number of hydrogen-bond acceptors (Lipinski definition) is 8. The van der Waals surface area contributed by atoms with E-state index in [1.807, 2.05) is 6.92 Å². The molecule has 0 unspecified atom stereocenters. The SMILES string of the molecule is CCOc1ccccc1N1C[C@H](C(=O)OCC(=O)c2ccc(Oc3ccc([N+](=O)[O-])cc3)cc2)CC1=O. The zero-order valence-corrected chi connectivity index (χ0v) is 20.0. The topological polar surface area (TPSA) is 125 Å². The minimum absolute atomic E-state index is 0.0117. The van der Waals surface area contributed by atoms with E-state index in [-0.39, 0.29) is 24.6 Å². The monoisotopic (exact) mass is 504 g/mol. The Bertz CT molecular complexity index is 1300. The Morgan fingerprint density at radius 3 is 2.30 bits per heavy atom. The molecule has 0 aliphatic carbocycles. The largest absolute Gasteiger partial charge is 0.492 e. The van der Waals surface area contributed by atoms with E-state index >= 15 is 0 Å². The van der Waals surface area contributed by atoms with Crippen LogP contribution < -0.4 is 14.4 Å². The second-order valence-electron chi connectivity index (χ2n) is 8.21. The van der Waals surface area contributed by atoms with E-state index in [2.05, 4.69) is 0 Å². The van der Waals surface area contributed by atoms with Crippen LogP contribution in [0.2, 0.25) is 0 Å². The van der Waals surface area contributed by atoms with Gasteiger partial charge in [-0.15, -0.1) is 0 Å². The van der Waals surface area contributed by atoms with Crippen LogP contribution in [-0.4, -0.2) is 42.3 Å². The van der Waals surface area contributed by atoms with Gasteiger partial charge in [0.25, 0.3) is 5.69 Å². The average molecular weight is 504 g/mol. The van der Waals surface area contributed by atoms with Gasteiger partial charge in [0.1, 0.15) is 17.2 Å². The predicted molar refractivity (Wildman–Crippen MR) is 133 cm³/mol. The van der Waals surface area contributed by atoms with Crippen LogP contribution in [0, 0.1) is 16.0 Å². The van der Waals surface area contributed by atoms with Crippen molar-refractivity contribution in [2.75, 3.05) is 24.7 Å². The summed E-state index contributed by atoms with van der Waals surface area (Å²) < 4.78 is 16.4. The van der Waals surface area contributed by atoms with E-state index in [0.717, 1.165) is 0 Å². The molecule has 1 fully saturated rings. The highest BCUT2D eigenvalue weighted by molar-refractivity contribution is 6.01. The van der Waals surface area contributed by atoms with Crippen LogP contribution >= 0.6 is 0 Å². The first kappa shape index (κ1) is 25.4. The third kappa shape index (κ3) is 6.10. The van der Waals surface area contributed by atoms with Gasteiger partial charge in [-0.25, -0.2) is 0 Å². The molecule has 1 aliphatic rings. The number of rotatable bonds is 10. The van der Waals surface area contributed by atoms with Crippen molar-refractivity contribution in [3.63, 3.8) is 0 Å². The fourth-order valence-electron chi connectivity index (χ4n) is 3.87. The van der Waals surface area contributed by atoms with Crippen LogP contribution in [0.1, 0.15) is 23.7 Å². The Morgan fingerprint density at radius 2 is 1.65 bits per heavy atom. The number of benzene rings is 3. The summed E-state index contributed by atoms with van der Waals surface area (Å²) in [5.41, 5.74) is 0.864. The summed E-state index contributed by atoms with van der Waals surface area (Å²) >= 11 is 0. The van der Waals surface area contributed by atoms with Crippen molar-refractivity contribution in [2.45, 2.75) is 13.3 Å². The molecule has 1 saturated heterocycles. The molecule has 10 nitrogen and oxygen atoms in total. The van der Waals surface area contributed by atoms with Crippen molar-refractivity contribution in [1.82, 2.24) is 0 Å². The number of anilines is 1. The zero-order valence-electron chi connectivity index (χ0n) is 20.0. The number of para-hydroxylation sites is 2. The molecule has 3 aromatic rings. The summed E-state index contributed by atoms with van der Waals surface area (Å²) in [5, 5.41) is 10.7. The van der Waals surface area contributed by atoms with Gasteiger partial charge in [-0.05, 0) is 55.5 Å². The van der Waals surface area contributed by atoms with E-state index in [4.69, 9.17) is 14.2 Å². The average Bonchev–Trinajstić information content (AvgIpc) is 3.29. The Kier molecular flexibility index (Phi) is 7.77. The van der Waals surface area contributed by atoms with Crippen molar-refractivity contribution in [2.24, 2.45) is 5.92 Å². The van der Waals surface area contributed by atoms with Crippen LogP contribution in [0.25, 0.3) is 0 Å². The minimum atomic E-state index is -0.688. The molecule has 3 aromatic carbocycles. The fourth-order valence-corrected chi connectivity index (χ4v) is 3.87. The predicted octanol–water partition coefficient (Wildman–Crippen LogP) is 4.56. The van der Waals surface area contributed by atoms with Crippen molar-refractivity contribution < 1.29 is 33.5 Å². The summed E-state index contributed by atoms with van der Waals surface area (Å²) in [6.45, 7) is 1.97. The zero-order chi connectivity index (χ0) is 26.4. The third-order valence-electron chi connectivity index (χ3n) is 5.72. The van der Waals surface area contributed by atoms with Crippen LogP contribution in [0.5, 0.6) is 17.2 Å². The number of Topliss-reactive ketones (excluding diaryl/α,β-unsaturated/α-hetero) is 1. The minimum Gasteiger partial charge on any atom is -0.492 e. The number of carbonyl (C=O) groups excluding carboxylic acids is 3. The third-order valence-corrected chi connectivity index (χ3v) is 5.72. The lowest BCUT2D eigenvalue weighted by Crippen LogP contribution is -2.27. The van der Waals surface area contributed by atoms with Gasteiger partial charge in [0.15, 0.2) is 12.4 Å². The molecule has 10 heteroatoms. The number of ketones is 1. The smallest absolute Gasteiger partial charge is 0.311 e. The lowest BCUT2D eigenvalue weighted by molar-refractivity contribution is -0.384. The molecule has 1 amide bonds. The highest BCUT2D eigenvalue weighted by Gasteiger charge is 2.37. The van der Waals surface area contributed by atoms with Gasteiger partial charge in [-0.2, -0.15) is 0 Å². The maximum atomic E-state index is 12.6. The molecule has 37 heavy (non-hydrogen) atoms. The van der Waals surface area contributed by atoms with Gasteiger partial charge >= 0.3 is 5.97 Å². The van der Waals surface area contributed by atoms with Gasteiger partial charge < -0.3 is 19.1 Å². The quantitative estimate of drug-likeness (QED) is 0.170. The second kappa shape index (κ2) is 11.3. The molecule has 0 aromatic heterocycles. The van der Waals surface area contributed by atoms with Crippen molar-refractivity contribution in [3.05, 3.63) is 88.5 Å². The summed E-state index contributed by atoms with van der Waals surface area (Å²) in [4.78, 5) is 49.4. The molecule has 0 spiro atoms. The van der Waals surface area contributed by atoms with E-state index in [0.29, 0.717) is 35.1 Å². The highest BCUT2D eigenvalue weighted by Crippen LogP contribution is 2.33. The molecule has 190 valence electrons. The molecule has 4 rings (SSSR count). The van der Waals surface area contributed by atoms with Gasteiger partial charge in [-0.1, -0.05) is 12.1 Å². The summed E-state index contributed by atoms with van der Waals surface area (Å²) in [6, 6.07) is 18.9. The van der Waals surface area contributed by atoms with Crippen molar-refractivity contribution in [1.29, 1.82) is 0 Å². The van der Waals surface area contributed by atoms with E-state index in [1.54, 1.807) is 36.4 Å². The Labute approximate surface area is 212 Å². The lowest BCUT2D eigenvalue weighted by Gasteiger charge is -2.19. The number of carbonyl (C=O) groups is 3. The molecule has 1 heterocycles. The van der Waals surface area contributed by atoms with Crippen molar-refractivity contribution in [3.8, 4) is 17.2 Å². The van der Waals surface area contributed by atoms with Gasteiger partial charge in [0.05, 0.1) is 23.1 Å². The second-order valence-corrected chi connectivity index (χ2v) is 8.21. The Balaban J connectivity index is 1.30. The van der Waals surface area contributed by atoms with Gasteiger partial charge in [0, 0.05) is 30.7 Å². The number of ether oxygens (including phenoxy) is 3. The highest BCUT2D eigenvalue weighted by atomic mass is 16.6. The first-order valence-electron chi connectivity index (χ1n) is 11.6. The number of amides is 1. The van der Waals surface area contributed by atoms with Crippen molar-refractivity contribution >= 4 is 29.0 Å². The Morgan fingerprint density at radius 1 is 1.00 bits per heavy atom. The standard InChI is InChI=1S/C27H24N2O8/c1-2-35-25-6-4-3-5-23(25)28-16-19(15-26(28)31)27(32)36-17-24(30)18-7-11-21(12-8-18)37-22-13-9-20(10-14-22)29(33)34/h3-14,19H,2,15-17H2,1H3/t19-/m1/s1. The maximum Gasteiger partial charge on any atom is 0.311 e. The van der Waals surface area contributed by atoms with Gasteiger partial charge in [-0.3, -0.25) is 24.5 Å². The molecule has 1 atom stereocenters. The lowest BCUT2D eigenvalue weighted by atomic mass is 10.1. The van der Waals surface area contributed by atoms with Crippen LogP contribution in [0.15, 0.2) is 72.8 Å². The molecule has 0 N–H and O–H groups in total. The number of nitro benzene ring substituents is 1. The number of non-ortho nitro benzene ring substituents is 1. The molecule has 0 saturated carbocycles. The number of esters is 1. The van der Waals surface area contributed by atoms with E-state index in [9.17, 15) is 24.5 Å². The molecular weight excluding hydrogens is 480 g/mol. The first-order chi connectivity index (χ1) is 17.9. The van der Waals surface area contributed by atoms with E-state index < -0.39 is 29.2 Å². The molecule has 0 bridgehead atoms. The molecule has 1 aliphatic heterocycles. The maximum absolute atomic E-state index is 12.6. The first-order valence-corrected chi connectivity index (χ1v) is 11.6. The number of nitrogens with zero attached hydrogens (tertiary/aromatic N) is 2. The van der Waals surface area contributed by atoms with Crippen LogP contribution in [0.4, 0.5) is 11.4 Å². The Hall–Kier alpha value is -4.73. The summed E-state index contributed by atoms with van der Waals surface area (Å²) in [5.74, 6) is -0.531. The fraction of sp³-hybridized carbons (Fsp3) is 0.222. The normalized spacial score (nSPS) is 14.8. The summed E-state index contributed by atoms with van der Waals surface area (Å²) in [7, 11) is 0. The van der Waals surface area contributed by atoms with E-state index in [1.165, 1.54) is 41.3 Å². The summed E-state index contributed by atoms with van der Waals surface area (Å²) in [6.07, 6.45) is -0.0117.